The lowest BCUT2D eigenvalue weighted by atomic mass is 9.99. The number of carbonyl (C=O) groups excluding carboxylic acids is 1. The van der Waals surface area contributed by atoms with Crippen LogP contribution in [-0.2, 0) is 6.18 Å². The lowest BCUT2D eigenvalue weighted by molar-refractivity contribution is -0.137. The largest absolute Gasteiger partial charge is 0.471 e. The molecule has 0 aromatic carbocycles. The number of piperidine rings is 1. The summed E-state index contributed by atoms with van der Waals surface area (Å²) in [5.41, 5.74) is -0.244. The normalized spacial score (nSPS) is 18.8. The van der Waals surface area contributed by atoms with Crippen LogP contribution in [-0.4, -0.2) is 49.4 Å². The minimum atomic E-state index is -4.56. The first-order valence-electron chi connectivity index (χ1n) is 10.2. The van der Waals surface area contributed by atoms with Crippen LogP contribution in [0.25, 0.3) is 11.4 Å². The van der Waals surface area contributed by atoms with Crippen LogP contribution in [0.4, 0.5) is 13.2 Å². The predicted molar refractivity (Wildman–Crippen MR) is 114 cm³/mol. The highest BCUT2D eigenvalue weighted by Crippen LogP contribution is 2.34. The lowest BCUT2D eigenvalue weighted by Crippen LogP contribution is -2.51. The Morgan fingerprint density at radius 2 is 1.88 bits per heavy atom. The fourth-order valence-electron chi connectivity index (χ4n) is 3.69. The highest BCUT2D eigenvalue weighted by atomic mass is 35.5. The van der Waals surface area contributed by atoms with E-state index in [4.69, 9.17) is 16.3 Å². The third kappa shape index (κ3) is 4.90. The van der Waals surface area contributed by atoms with Crippen molar-refractivity contribution < 1.29 is 22.7 Å². The Morgan fingerprint density at radius 1 is 1.15 bits per heavy atom. The van der Waals surface area contributed by atoms with Gasteiger partial charge in [-0.3, -0.25) is 9.78 Å². The van der Waals surface area contributed by atoms with Gasteiger partial charge in [-0.05, 0) is 44.0 Å². The van der Waals surface area contributed by atoms with Gasteiger partial charge in [-0.2, -0.15) is 13.2 Å². The third-order valence-corrected chi connectivity index (χ3v) is 5.66. The van der Waals surface area contributed by atoms with E-state index in [9.17, 15) is 18.0 Å². The van der Waals surface area contributed by atoms with Crippen LogP contribution >= 0.6 is 11.6 Å². The number of alkyl halides is 3. The van der Waals surface area contributed by atoms with Crippen LogP contribution in [0, 0.1) is 0 Å². The Balaban J connectivity index is 1.55. The Bertz CT molecular complexity index is 1150. The van der Waals surface area contributed by atoms with Crippen LogP contribution < -0.4 is 4.74 Å². The molecule has 172 valence electrons. The SMILES string of the molecule is C[C@H]1[C@H](Oc2ncc(C(F)(F)F)cc2Cl)CCCN1C(=O)c1ncccc1-c1ncccn1. The Labute approximate surface area is 192 Å². The van der Waals surface area contributed by atoms with Gasteiger partial charge in [0.15, 0.2) is 5.82 Å². The third-order valence-electron chi connectivity index (χ3n) is 5.39. The van der Waals surface area contributed by atoms with Gasteiger partial charge in [0.2, 0.25) is 5.88 Å². The van der Waals surface area contributed by atoms with E-state index in [1.165, 1.54) is 6.20 Å². The van der Waals surface area contributed by atoms with Crippen LogP contribution in [0.3, 0.4) is 0 Å². The monoisotopic (exact) mass is 477 g/mol. The van der Waals surface area contributed by atoms with Crippen molar-refractivity contribution in [2.45, 2.75) is 38.1 Å². The molecular formula is C22H19ClF3N5O2. The summed E-state index contributed by atoms with van der Waals surface area (Å²) in [4.78, 5) is 31.5. The number of pyridine rings is 2. The van der Waals surface area contributed by atoms with Gasteiger partial charge < -0.3 is 9.64 Å². The molecule has 7 nitrogen and oxygen atoms in total. The molecular weight excluding hydrogens is 459 g/mol. The quantitative estimate of drug-likeness (QED) is 0.543. The molecule has 0 N–H and O–H groups in total. The second-order valence-electron chi connectivity index (χ2n) is 7.52. The van der Waals surface area contributed by atoms with Gasteiger partial charge in [0.1, 0.15) is 16.8 Å². The first-order chi connectivity index (χ1) is 15.8. The summed E-state index contributed by atoms with van der Waals surface area (Å²) in [5, 5.41) is -0.242. The molecule has 2 atom stereocenters. The Kier molecular flexibility index (Phi) is 6.46. The van der Waals surface area contributed by atoms with E-state index in [0.717, 1.165) is 6.07 Å². The van der Waals surface area contributed by atoms with E-state index in [0.29, 0.717) is 37.0 Å². The maximum atomic E-state index is 13.4. The second kappa shape index (κ2) is 9.30. The van der Waals surface area contributed by atoms with Crippen LogP contribution in [0.2, 0.25) is 5.02 Å². The zero-order valence-corrected chi connectivity index (χ0v) is 18.2. The number of amides is 1. The summed E-state index contributed by atoms with van der Waals surface area (Å²) in [7, 11) is 0. The summed E-state index contributed by atoms with van der Waals surface area (Å²) in [6, 6.07) is 5.48. The molecule has 4 heterocycles. The van der Waals surface area contributed by atoms with Crippen molar-refractivity contribution in [2.75, 3.05) is 6.54 Å². The van der Waals surface area contributed by atoms with Gasteiger partial charge in [0.05, 0.1) is 17.2 Å². The van der Waals surface area contributed by atoms with Crippen LogP contribution in [0.5, 0.6) is 5.88 Å². The smallest absolute Gasteiger partial charge is 0.417 e. The number of rotatable bonds is 4. The summed E-state index contributed by atoms with van der Waals surface area (Å²) >= 11 is 5.99. The highest BCUT2D eigenvalue weighted by Gasteiger charge is 2.36. The van der Waals surface area contributed by atoms with E-state index in [1.54, 1.807) is 42.4 Å². The standard InChI is InChI=1S/C22H19ClF3N5O2/c1-13-17(33-20-16(23)11-14(12-30-20)22(24,25)26)6-3-10-31(13)21(32)18-15(5-2-7-27-18)19-28-8-4-9-29-19/h2,4-5,7-9,11-13,17H,3,6,10H2,1H3/t13-,17+/m0/s1. The first kappa shape index (κ1) is 22.9. The number of likely N-dealkylation sites (tertiary alicyclic amines) is 1. The van der Waals surface area contributed by atoms with Gasteiger partial charge >= 0.3 is 6.18 Å². The fraction of sp³-hybridized carbons (Fsp3) is 0.318. The molecule has 3 aromatic heterocycles. The fourth-order valence-corrected chi connectivity index (χ4v) is 3.90. The summed E-state index contributed by atoms with van der Waals surface area (Å²) < 4.78 is 44.5. The van der Waals surface area contributed by atoms with Crippen molar-refractivity contribution in [3.8, 4) is 17.3 Å². The molecule has 1 amide bonds. The molecule has 0 bridgehead atoms. The molecule has 11 heteroatoms. The molecule has 1 saturated heterocycles. The second-order valence-corrected chi connectivity index (χ2v) is 7.93. The highest BCUT2D eigenvalue weighted by molar-refractivity contribution is 6.31. The van der Waals surface area contributed by atoms with Gasteiger partial charge in [-0.25, -0.2) is 15.0 Å². The number of carbonyl (C=O) groups is 1. The van der Waals surface area contributed by atoms with E-state index >= 15 is 0 Å². The van der Waals surface area contributed by atoms with E-state index < -0.39 is 23.9 Å². The van der Waals surface area contributed by atoms with Crippen LogP contribution in [0.1, 0.15) is 35.8 Å². The molecule has 0 unspecified atom stereocenters. The average molecular weight is 478 g/mol. The van der Waals surface area contributed by atoms with Crippen molar-refractivity contribution in [3.05, 3.63) is 65.3 Å². The number of halogens is 4. The molecule has 1 aliphatic heterocycles. The molecule has 0 radical (unpaired) electrons. The molecule has 1 aliphatic rings. The molecule has 4 rings (SSSR count). The van der Waals surface area contributed by atoms with Crippen molar-refractivity contribution in [1.82, 2.24) is 24.8 Å². The number of nitrogens with zero attached hydrogens (tertiary/aromatic N) is 5. The zero-order chi connectivity index (χ0) is 23.6. The summed E-state index contributed by atoms with van der Waals surface area (Å²) in [6.07, 6.45) is 1.51. The molecule has 1 fully saturated rings. The molecule has 0 spiro atoms. The Hall–Kier alpha value is -3.27. The lowest BCUT2D eigenvalue weighted by Gasteiger charge is -2.39. The first-order valence-corrected chi connectivity index (χ1v) is 10.6. The van der Waals surface area contributed by atoms with Gasteiger partial charge in [0, 0.05) is 31.3 Å². The van der Waals surface area contributed by atoms with Crippen molar-refractivity contribution >= 4 is 17.5 Å². The number of aromatic nitrogens is 4. The number of hydrogen-bond donors (Lipinski definition) is 0. The minimum Gasteiger partial charge on any atom is -0.471 e. The molecule has 0 aliphatic carbocycles. The van der Waals surface area contributed by atoms with E-state index in [1.807, 2.05) is 0 Å². The maximum absolute atomic E-state index is 13.4. The Morgan fingerprint density at radius 3 is 2.58 bits per heavy atom. The zero-order valence-electron chi connectivity index (χ0n) is 17.5. The molecule has 33 heavy (non-hydrogen) atoms. The molecule has 0 saturated carbocycles. The van der Waals surface area contributed by atoms with Gasteiger partial charge in [-0.15, -0.1) is 0 Å². The van der Waals surface area contributed by atoms with Gasteiger partial charge in [-0.1, -0.05) is 11.6 Å². The summed E-state index contributed by atoms with van der Waals surface area (Å²) in [5.74, 6) is -0.0375. The maximum Gasteiger partial charge on any atom is 0.417 e. The number of hydrogen-bond acceptors (Lipinski definition) is 6. The predicted octanol–water partition coefficient (Wildman–Crippen LogP) is 4.68. The number of ether oxygens (including phenoxy) is 1. The van der Waals surface area contributed by atoms with Crippen molar-refractivity contribution in [3.63, 3.8) is 0 Å². The van der Waals surface area contributed by atoms with Crippen molar-refractivity contribution in [1.29, 1.82) is 0 Å². The topological polar surface area (TPSA) is 81.1 Å². The van der Waals surface area contributed by atoms with E-state index in [2.05, 4.69) is 19.9 Å². The van der Waals surface area contributed by atoms with E-state index in [-0.39, 0.29) is 22.5 Å². The summed E-state index contributed by atoms with van der Waals surface area (Å²) in [6.45, 7) is 2.28. The van der Waals surface area contributed by atoms with Crippen LogP contribution in [0.15, 0.2) is 49.1 Å². The van der Waals surface area contributed by atoms with Crippen molar-refractivity contribution in [2.24, 2.45) is 0 Å². The van der Waals surface area contributed by atoms with Gasteiger partial charge in [0.25, 0.3) is 5.91 Å². The minimum absolute atomic E-state index is 0.105. The molecule has 3 aromatic rings. The average Bonchev–Trinajstić information content (AvgIpc) is 2.81.